The van der Waals surface area contributed by atoms with E-state index >= 15 is 0 Å². The van der Waals surface area contributed by atoms with Crippen LogP contribution in [0, 0.1) is 17.2 Å². The highest BCUT2D eigenvalue weighted by atomic mass is 32.2. The molecule has 2 aromatic carbocycles. The van der Waals surface area contributed by atoms with Crippen molar-refractivity contribution in [2.24, 2.45) is 5.92 Å². The van der Waals surface area contributed by atoms with E-state index in [2.05, 4.69) is 31.7 Å². The zero-order valence-electron chi connectivity index (χ0n) is 22.5. The van der Waals surface area contributed by atoms with E-state index in [-0.39, 0.29) is 16.8 Å². The Morgan fingerprint density at radius 2 is 1.77 bits per heavy atom. The Morgan fingerprint density at radius 1 is 1.10 bits per heavy atom. The molecule has 0 spiro atoms. The quantitative estimate of drug-likeness (QED) is 0.424. The smallest absolute Gasteiger partial charge is 0.242 e. The van der Waals surface area contributed by atoms with Gasteiger partial charge in [-0.3, -0.25) is 9.69 Å². The lowest BCUT2D eigenvalue weighted by atomic mass is 9.91. The summed E-state index contributed by atoms with van der Waals surface area (Å²) in [5.41, 5.74) is 2.17. The zero-order chi connectivity index (χ0) is 28.1. The summed E-state index contributed by atoms with van der Waals surface area (Å²) in [6, 6.07) is 15.7. The minimum absolute atomic E-state index is 0.0125. The highest BCUT2D eigenvalue weighted by Gasteiger charge is 2.33. The van der Waals surface area contributed by atoms with Gasteiger partial charge in [-0.2, -0.15) is 10.2 Å². The van der Waals surface area contributed by atoms with E-state index in [1.165, 1.54) is 6.26 Å². The number of rotatable bonds is 8. The number of nitrogens with zero attached hydrogens (tertiary/aromatic N) is 4. The third-order valence-electron chi connectivity index (χ3n) is 7.78. The molecule has 3 heterocycles. The zero-order valence-corrected chi connectivity index (χ0v) is 23.4. The van der Waals surface area contributed by atoms with Crippen LogP contribution in [-0.2, 0) is 21.1 Å². The molecular weight excluding hydrogens is 528 g/mol. The van der Waals surface area contributed by atoms with Crippen molar-refractivity contribution in [1.82, 2.24) is 25.7 Å². The molecule has 0 radical (unpaired) electrons. The van der Waals surface area contributed by atoms with Gasteiger partial charge in [0.2, 0.25) is 17.6 Å². The molecular formula is C29H34N6O4S. The van der Waals surface area contributed by atoms with Gasteiger partial charge in [0.1, 0.15) is 6.04 Å². The van der Waals surface area contributed by atoms with Crippen LogP contribution in [0.1, 0.15) is 48.7 Å². The normalized spacial score (nSPS) is 18.2. The summed E-state index contributed by atoms with van der Waals surface area (Å²) in [7, 11) is -3.27. The second kappa shape index (κ2) is 12.3. The Hall–Kier alpha value is -3.59. The molecule has 5 rings (SSSR count). The second-order valence-electron chi connectivity index (χ2n) is 10.7. The van der Waals surface area contributed by atoms with Crippen LogP contribution in [-0.4, -0.2) is 67.8 Å². The molecule has 1 aromatic heterocycles. The van der Waals surface area contributed by atoms with E-state index in [4.69, 9.17) is 4.52 Å². The molecule has 11 heteroatoms. The lowest BCUT2D eigenvalue weighted by Crippen LogP contribution is -2.49. The SMILES string of the molecule is CS(=O)(=O)c1ccc(-c2noc(CC3CCN(C(C(=O)NC4CCNCC4)c4ccc(C#N)cc4)CC3)n2)cc1. The minimum Gasteiger partial charge on any atom is -0.352 e. The van der Waals surface area contributed by atoms with Gasteiger partial charge in [-0.05, 0) is 99.7 Å². The first-order valence-corrected chi connectivity index (χ1v) is 15.6. The number of hydrogen-bond acceptors (Lipinski definition) is 9. The molecule has 0 bridgehead atoms. The number of sulfone groups is 1. The molecule has 0 aliphatic carbocycles. The summed E-state index contributed by atoms with van der Waals surface area (Å²) in [5.74, 6) is 1.33. The fourth-order valence-corrected chi connectivity index (χ4v) is 6.11. The average molecular weight is 563 g/mol. The maximum absolute atomic E-state index is 13.5. The van der Waals surface area contributed by atoms with E-state index in [0.717, 1.165) is 57.4 Å². The fraction of sp³-hybridized carbons (Fsp3) is 0.448. The highest BCUT2D eigenvalue weighted by Crippen LogP contribution is 2.30. The minimum atomic E-state index is -3.27. The van der Waals surface area contributed by atoms with Crippen molar-refractivity contribution in [3.8, 4) is 17.5 Å². The maximum Gasteiger partial charge on any atom is 0.242 e. The lowest BCUT2D eigenvalue weighted by molar-refractivity contribution is -0.128. The first-order chi connectivity index (χ1) is 19.3. The number of piperidine rings is 2. The third-order valence-corrected chi connectivity index (χ3v) is 8.90. The van der Waals surface area contributed by atoms with Gasteiger partial charge in [-0.1, -0.05) is 17.3 Å². The summed E-state index contributed by atoms with van der Waals surface area (Å²) in [5, 5.41) is 19.9. The van der Waals surface area contributed by atoms with Crippen LogP contribution in [0.25, 0.3) is 11.4 Å². The summed E-state index contributed by atoms with van der Waals surface area (Å²) in [6.45, 7) is 3.31. The number of nitriles is 1. The molecule has 3 aromatic rings. The van der Waals surface area contributed by atoms with Gasteiger partial charge >= 0.3 is 0 Å². The molecule has 1 atom stereocenters. The highest BCUT2D eigenvalue weighted by molar-refractivity contribution is 7.90. The molecule has 1 amide bonds. The first kappa shape index (κ1) is 28.0. The second-order valence-corrected chi connectivity index (χ2v) is 12.7. The Morgan fingerprint density at radius 3 is 2.40 bits per heavy atom. The van der Waals surface area contributed by atoms with Gasteiger partial charge in [0.25, 0.3) is 0 Å². The molecule has 40 heavy (non-hydrogen) atoms. The standard InChI is InChI=1S/C29H34N6O4S/c1-40(37,38)25-8-6-23(7-9-25)28-33-26(39-34-28)18-20-12-16-35(17-13-20)27(22-4-2-21(19-30)3-5-22)29(36)32-24-10-14-31-15-11-24/h2-9,20,24,27,31H,10-18H2,1H3,(H,32,36). The number of likely N-dealkylation sites (tertiary alicyclic amines) is 1. The van der Waals surface area contributed by atoms with Crippen molar-refractivity contribution < 1.29 is 17.7 Å². The number of aromatic nitrogens is 2. The summed E-state index contributed by atoms with van der Waals surface area (Å²) >= 11 is 0. The van der Waals surface area contributed by atoms with Crippen molar-refractivity contribution in [3.05, 3.63) is 65.5 Å². The van der Waals surface area contributed by atoms with Crippen LogP contribution in [0.5, 0.6) is 0 Å². The maximum atomic E-state index is 13.5. The van der Waals surface area contributed by atoms with Crippen LogP contribution in [0.15, 0.2) is 57.9 Å². The molecule has 2 N–H and O–H groups in total. The van der Waals surface area contributed by atoms with Crippen LogP contribution in [0.2, 0.25) is 0 Å². The molecule has 2 aliphatic heterocycles. The van der Waals surface area contributed by atoms with E-state index in [0.29, 0.717) is 35.2 Å². The Balaban J connectivity index is 1.22. The first-order valence-electron chi connectivity index (χ1n) is 13.7. The number of hydrogen-bond donors (Lipinski definition) is 2. The van der Waals surface area contributed by atoms with E-state index in [1.807, 2.05) is 12.1 Å². The van der Waals surface area contributed by atoms with Crippen LogP contribution < -0.4 is 10.6 Å². The van der Waals surface area contributed by atoms with Crippen molar-refractivity contribution in [3.63, 3.8) is 0 Å². The average Bonchev–Trinajstić information content (AvgIpc) is 3.43. The third kappa shape index (κ3) is 6.75. The summed E-state index contributed by atoms with van der Waals surface area (Å²) in [4.78, 5) is 20.6. The van der Waals surface area contributed by atoms with Crippen LogP contribution in [0.4, 0.5) is 0 Å². The Kier molecular flexibility index (Phi) is 8.59. The van der Waals surface area contributed by atoms with Crippen molar-refractivity contribution in [2.45, 2.75) is 49.1 Å². The number of benzene rings is 2. The van der Waals surface area contributed by atoms with Gasteiger partial charge in [0, 0.05) is 24.3 Å². The van der Waals surface area contributed by atoms with Crippen LogP contribution >= 0.6 is 0 Å². The topological polar surface area (TPSA) is 141 Å². The monoisotopic (exact) mass is 562 g/mol. The van der Waals surface area contributed by atoms with E-state index < -0.39 is 15.9 Å². The molecule has 10 nitrogen and oxygen atoms in total. The molecule has 1 unspecified atom stereocenters. The van der Waals surface area contributed by atoms with Crippen LogP contribution in [0.3, 0.4) is 0 Å². The number of carbonyl (C=O) groups excluding carboxylic acids is 1. The molecule has 0 saturated carbocycles. The van der Waals surface area contributed by atoms with Gasteiger partial charge in [0.15, 0.2) is 9.84 Å². The van der Waals surface area contributed by atoms with Crippen molar-refractivity contribution in [2.75, 3.05) is 32.4 Å². The van der Waals surface area contributed by atoms with E-state index in [9.17, 15) is 18.5 Å². The molecule has 210 valence electrons. The fourth-order valence-electron chi connectivity index (χ4n) is 5.48. The lowest BCUT2D eigenvalue weighted by Gasteiger charge is -2.37. The van der Waals surface area contributed by atoms with Crippen molar-refractivity contribution >= 4 is 15.7 Å². The molecule has 2 fully saturated rings. The van der Waals surface area contributed by atoms with E-state index in [1.54, 1.807) is 36.4 Å². The van der Waals surface area contributed by atoms with Gasteiger partial charge in [-0.15, -0.1) is 0 Å². The van der Waals surface area contributed by atoms with Gasteiger partial charge < -0.3 is 15.2 Å². The number of carbonyl (C=O) groups is 1. The Bertz CT molecular complexity index is 1450. The van der Waals surface area contributed by atoms with Crippen molar-refractivity contribution in [1.29, 1.82) is 5.26 Å². The molecule has 2 saturated heterocycles. The number of nitrogens with one attached hydrogen (secondary N) is 2. The summed E-state index contributed by atoms with van der Waals surface area (Å²) < 4.78 is 29.0. The largest absolute Gasteiger partial charge is 0.352 e. The number of amides is 1. The Labute approximate surface area is 234 Å². The predicted molar refractivity (Wildman–Crippen MR) is 149 cm³/mol. The summed E-state index contributed by atoms with van der Waals surface area (Å²) in [6.07, 6.45) is 5.42. The van der Waals surface area contributed by atoms with Gasteiger partial charge in [-0.25, -0.2) is 8.42 Å². The van der Waals surface area contributed by atoms with Gasteiger partial charge in [0.05, 0.1) is 16.5 Å². The molecule has 2 aliphatic rings. The predicted octanol–water partition coefficient (Wildman–Crippen LogP) is 2.88.